The van der Waals surface area contributed by atoms with E-state index < -0.39 is 11.6 Å². The van der Waals surface area contributed by atoms with Gasteiger partial charge in [-0.3, -0.25) is 14.7 Å². The number of rotatable bonds is 3. The van der Waals surface area contributed by atoms with Gasteiger partial charge in [-0.05, 0) is 43.0 Å². The molecule has 0 saturated carbocycles. The lowest BCUT2D eigenvalue weighted by molar-refractivity contribution is 0.0584. The summed E-state index contributed by atoms with van der Waals surface area (Å²) in [5.74, 6) is -1.34. The number of carbonyl (C=O) groups excluding carboxylic acids is 1. The maximum Gasteiger partial charge on any atom is 0.254 e. The van der Waals surface area contributed by atoms with E-state index in [1.165, 1.54) is 0 Å². The van der Waals surface area contributed by atoms with Crippen LogP contribution >= 0.6 is 0 Å². The van der Waals surface area contributed by atoms with Crippen LogP contribution in [0.25, 0.3) is 0 Å². The Kier molecular flexibility index (Phi) is 4.68. The third-order valence-electron chi connectivity index (χ3n) is 5.27. The Morgan fingerprint density at radius 3 is 2.62 bits per heavy atom. The van der Waals surface area contributed by atoms with Crippen molar-refractivity contribution in [2.24, 2.45) is 5.92 Å². The SMILES string of the molecule is O=C(c1cc(F)cc(F)c1)N1C[C@H]2CC[C@@H]1CN(Cc1ccccn1)C2. The number of nitrogens with zero attached hydrogens (tertiary/aromatic N) is 3. The third-order valence-corrected chi connectivity index (χ3v) is 5.27. The van der Waals surface area contributed by atoms with E-state index in [0.29, 0.717) is 12.5 Å². The number of halogens is 2. The molecule has 1 aromatic carbocycles. The number of carbonyl (C=O) groups is 1. The lowest BCUT2D eigenvalue weighted by Gasteiger charge is -2.36. The molecular weight excluding hydrogens is 336 g/mol. The summed E-state index contributed by atoms with van der Waals surface area (Å²) in [5, 5.41) is 0. The molecule has 2 bridgehead atoms. The zero-order valence-electron chi connectivity index (χ0n) is 14.4. The monoisotopic (exact) mass is 357 g/mol. The molecule has 2 atom stereocenters. The van der Waals surface area contributed by atoms with Crippen molar-refractivity contribution >= 4 is 5.91 Å². The molecule has 2 aromatic rings. The maximum absolute atomic E-state index is 13.5. The topological polar surface area (TPSA) is 36.4 Å². The van der Waals surface area contributed by atoms with Crippen LogP contribution in [0.15, 0.2) is 42.6 Å². The van der Waals surface area contributed by atoms with Crippen LogP contribution in [0.1, 0.15) is 28.9 Å². The molecule has 4 nitrogen and oxygen atoms in total. The van der Waals surface area contributed by atoms with E-state index in [1.807, 2.05) is 18.2 Å². The van der Waals surface area contributed by atoms with Gasteiger partial charge in [0.2, 0.25) is 0 Å². The molecule has 5 rings (SSSR count). The van der Waals surface area contributed by atoms with E-state index in [1.54, 1.807) is 11.1 Å². The number of fused-ring (bicyclic) bond motifs is 4. The number of hydrogen-bond donors (Lipinski definition) is 0. The van der Waals surface area contributed by atoms with Crippen LogP contribution in [0.2, 0.25) is 0 Å². The second-order valence-electron chi connectivity index (χ2n) is 7.23. The van der Waals surface area contributed by atoms with Gasteiger partial charge in [-0.25, -0.2) is 8.78 Å². The lowest BCUT2D eigenvalue weighted by Crippen LogP contribution is -2.47. The molecule has 0 unspecified atom stereocenters. The van der Waals surface area contributed by atoms with Crippen molar-refractivity contribution in [2.75, 3.05) is 19.6 Å². The van der Waals surface area contributed by atoms with Crippen LogP contribution < -0.4 is 0 Å². The molecule has 3 aliphatic rings. The highest BCUT2D eigenvalue weighted by molar-refractivity contribution is 5.94. The minimum absolute atomic E-state index is 0.0660. The average Bonchev–Trinajstić information content (AvgIpc) is 2.91. The predicted octanol–water partition coefficient (Wildman–Crippen LogP) is 3.10. The zero-order valence-corrected chi connectivity index (χ0v) is 14.4. The third kappa shape index (κ3) is 3.60. The van der Waals surface area contributed by atoms with Crippen LogP contribution in [0.4, 0.5) is 8.78 Å². The second kappa shape index (κ2) is 7.11. The highest BCUT2D eigenvalue weighted by Crippen LogP contribution is 2.30. The summed E-state index contributed by atoms with van der Waals surface area (Å²) in [4.78, 5) is 21.4. The highest BCUT2D eigenvalue weighted by Gasteiger charge is 2.37. The van der Waals surface area contributed by atoms with Crippen molar-refractivity contribution in [2.45, 2.75) is 25.4 Å². The highest BCUT2D eigenvalue weighted by atomic mass is 19.1. The Labute approximate surface area is 151 Å². The maximum atomic E-state index is 13.5. The van der Waals surface area contributed by atoms with Gasteiger partial charge in [0.25, 0.3) is 5.91 Å². The largest absolute Gasteiger partial charge is 0.334 e. The van der Waals surface area contributed by atoms with Gasteiger partial charge in [0.05, 0.1) is 5.69 Å². The average molecular weight is 357 g/mol. The van der Waals surface area contributed by atoms with Gasteiger partial charge < -0.3 is 4.90 Å². The molecule has 0 radical (unpaired) electrons. The summed E-state index contributed by atoms with van der Waals surface area (Å²) in [6.45, 7) is 3.07. The van der Waals surface area contributed by atoms with Gasteiger partial charge in [0, 0.05) is 50.0 Å². The summed E-state index contributed by atoms with van der Waals surface area (Å²) in [5.41, 5.74) is 1.10. The van der Waals surface area contributed by atoms with Gasteiger partial charge in [-0.1, -0.05) is 6.07 Å². The molecule has 1 amide bonds. The van der Waals surface area contributed by atoms with Crippen molar-refractivity contribution in [1.29, 1.82) is 0 Å². The molecule has 0 aliphatic carbocycles. The fraction of sp³-hybridized carbons (Fsp3) is 0.400. The van der Waals surface area contributed by atoms with Crippen LogP contribution in [0.5, 0.6) is 0 Å². The second-order valence-corrected chi connectivity index (χ2v) is 7.23. The lowest BCUT2D eigenvalue weighted by atomic mass is 9.94. The Hall–Kier alpha value is -2.34. The van der Waals surface area contributed by atoms with E-state index in [4.69, 9.17) is 0 Å². The van der Waals surface area contributed by atoms with Crippen LogP contribution in [0, 0.1) is 17.6 Å². The predicted molar refractivity (Wildman–Crippen MR) is 93.4 cm³/mol. The fourth-order valence-corrected chi connectivity index (χ4v) is 4.12. The number of benzene rings is 1. The molecule has 136 valence electrons. The quantitative estimate of drug-likeness (QED) is 0.847. The molecule has 6 heteroatoms. The number of aromatic nitrogens is 1. The summed E-state index contributed by atoms with van der Waals surface area (Å²) < 4.78 is 27.0. The van der Waals surface area contributed by atoms with E-state index in [0.717, 1.165) is 56.4 Å². The van der Waals surface area contributed by atoms with E-state index in [-0.39, 0.29) is 17.5 Å². The Bertz CT molecular complexity index is 779. The Morgan fingerprint density at radius 1 is 1.08 bits per heavy atom. The standard InChI is InChI=1S/C20H21F2N3O/c21-16-7-15(8-17(22)9-16)20(26)25-11-14-4-5-19(25)13-24(10-14)12-18-3-1-2-6-23-18/h1-3,6-9,14,19H,4-5,10-13H2/t14-,19+/m0/s1. The minimum atomic E-state index is -0.717. The van der Waals surface area contributed by atoms with Gasteiger partial charge >= 0.3 is 0 Å². The van der Waals surface area contributed by atoms with Crippen molar-refractivity contribution in [3.05, 3.63) is 65.5 Å². The van der Waals surface area contributed by atoms with E-state index >= 15 is 0 Å². The van der Waals surface area contributed by atoms with E-state index in [9.17, 15) is 13.6 Å². The van der Waals surface area contributed by atoms with Crippen LogP contribution in [-0.4, -0.2) is 46.4 Å². The molecule has 3 saturated heterocycles. The number of hydrogen-bond acceptors (Lipinski definition) is 3. The zero-order chi connectivity index (χ0) is 18.1. The fourth-order valence-electron chi connectivity index (χ4n) is 4.12. The normalized spacial score (nSPS) is 23.1. The Balaban J connectivity index is 1.52. The van der Waals surface area contributed by atoms with Gasteiger partial charge in [-0.15, -0.1) is 0 Å². The summed E-state index contributed by atoms with van der Waals surface area (Å²) >= 11 is 0. The van der Waals surface area contributed by atoms with Crippen molar-refractivity contribution in [3.63, 3.8) is 0 Å². The molecule has 0 spiro atoms. The molecule has 1 aromatic heterocycles. The molecule has 3 aliphatic heterocycles. The van der Waals surface area contributed by atoms with Crippen LogP contribution in [-0.2, 0) is 6.54 Å². The van der Waals surface area contributed by atoms with Crippen LogP contribution in [0.3, 0.4) is 0 Å². The molecular formula is C20H21F2N3O. The van der Waals surface area contributed by atoms with Crippen molar-refractivity contribution in [1.82, 2.24) is 14.8 Å². The summed E-state index contributed by atoms with van der Waals surface area (Å²) in [6, 6.07) is 8.98. The first kappa shape index (κ1) is 17.1. The molecule has 26 heavy (non-hydrogen) atoms. The smallest absolute Gasteiger partial charge is 0.254 e. The summed E-state index contributed by atoms with van der Waals surface area (Å²) in [6.07, 6.45) is 3.79. The molecule has 4 heterocycles. The molecule has 0 N–H and O–H groups in total. The molecule has 3 fully saturated rings. The minimum Gasteiger partial charge on any atom is -0.334 e. The van der Waals surface area contributed by atoms with Crippen molar-refractivity contribution < 1.29 is 13.6 Å². The Morgan fingerprint density at radius 2 is 1.88 bits per heavy atom. The first-order valence-corrected chi connectivity index (χ1v) is 8.98. The van der Waals surface area contributed by atoms with Gasteiger partial charge in [0.1, 0.15) is 11.6 Å². The van der Waals surface area contributed by atoms with Crippen molar-refractivity contribution in [3.8, 4) is 0 Å². The van der Waals surface area contributed by atoms with E-state index in [2.05, 4.69) is 9.88 Å². The first-order valence-electron chi connectivity index (χ1n) is 8.98. The number of piperidine rings is 1. The van der Waals surface area contributed by atoms with Gasteiger partial charge in [-0.2, -0.15) is 0 Å². The summed E-state index contributed by atoms with van der Waals surface area (Å²) in [7, 11) is 0. The number of amides is 1. The van der Waals surface area contributed by atoms with Gasteiger partial charge in [0.15, 0.2) is 0 Å². The first-order chi connectivity index (χ1) is 12.6. The number of pyridine rings is 1.